The molecule has 0 saturated heterocycles. The number of alkyl halides is 1. The number of halogens is 2. The van der Waals surface area contributed by atoms with Crippen molar-refractivity contribution >= 4 is 27.5 Å². The monoisotopic (exact) mass is 316 g/mol. The fourth-order valence-electron chi connectivity index (χ4n) is 1.32. The lowest BCUT2D eigenvalue weighted by molar-refractivity contribution is 0.379. The molecule has 1 aromatic carbocycles. The first kappa shape index (κ1) is 12.4. The molecule has 1 atom stereocenters. The molecule has 2 aromatic rings. The summed E-state index contributed by atoms with van der Waals surface area (Å²) in [5.41, 5.74) is 0.838. The molecule has 1 unspecified atom stereocenters. The summed E-state index contributed by atoms with van der Waals surface area (Å²) in [5.74, 6) is 1.67. The molecule has 1 aromatic heterocycles. The first-order chi connectivity index (χ1) is 8.11. The maximum atomic E-state index is 5.86. The third kappa shape index (κ3) is 2.61. The van der Waals surface area contributed by atoms with Crippen molar-refractivity contribution in [2.75, 3.05) is 7.11 Å². The maximum absolute atomic E-state index is 5.86. The molecule has 0 aliphatic carbocycles. The molecule has 1 heterocycles. The van der Waals surface area contributed by atoms with Crippen LogP contribution in [0.3, 0.4) is 0 Å². The van der Waals surface area contributed by atoms with E-state index in [0.717, 1.165) is 15.8 Å². The van der Waals surface area contributed by atoms with Crippen LogP contribution in [-0.2, 0) is 0 Å². The number of hydrogen-bond donors (Lipinski definition) is 0. The molecule has 0 bridgehead atoms. The number of nitrogens with zero attached hydrogens (tertiary/aromatic N) is 2. The quantitative estimate of drug-likeness (QED) is 0.808. The zero-order chi connectivity index (χ0) is 12.4. The van der Waals surface area contributed by atoms with Gasteiger partial charge in [0, 0.05) is 5.56 Å². The number of hydrogen-bond acceptors (Lipinski definition) is 4. The van der Waals surface area contributed by atoms with E-state index < -0.39 is 0 Å². The molecule has 2 rings (SSSR count). The van der Waals surface area contributed by atoms with Gasteiger partial charge in [0.2, 0.25) is 11.7 Å². The lowest BCUT2D eigenvalue weighted by Gasteiger charge is -2.03. The van der Waals surface area contributed by atoms with Crippen molar-refractivity contribution < 1.29 is 9.26 Å². The summed E-state index contributed by atoms with van der Waals surface area (Å²) in [6.45, 7) is 1.78. The van der Waals surface area contributed by atoms with Gasteiger partial charge in [-0.25, -0.2) is 0 Å². The van der Waals surface area contributed by atoms with Crippen molar-refractivity contribution in [2.45, 2.75) is 12.3 Å². The number of ether oxygens (including phenoxy) is 1. The van der Waals surface area contributed by atoms with Gasteiger partial charge in [0.25, 0.3) is 0 Å². The van der Waals surface area contributed by atoms with Gasteiger partial charge in [0.05, 0.1) is 11.6 Å². The summed E-state index contributed by atoms with van der Waals surface area (Å²) >= 11 is 9.26. The normalized spacial score (nSPS) is 12.5. The molecule has 6 heteroatoms. The Morgan fingerprint density at radius 1 is 1.47 bits per heavy atom. The van der Waals surface area contributed by atoms with E-state index in [0.29, 0.717) is 11.7 Å². The number of rotatable bonds is 3. The van der Waals surface area contributed by atoms with Crippen molar-refractivity contribution in [1.29, 1.82) is 0 Å². The van der Waals surface area contributed by atoms with Gasteiger partial charge in [-0.05, 0) is 41.1 Å². The topological polar surface area (TPSA) is 48.2 Å². The number of benzene rings is 1. The highest BCUT2D eigenvalue weighted by atomic mass is 79.9. The van der Waals surface area contributed by atoms with E-state index in [4.69, 9.17) is 20.9 Å². The highest BCUT2D eigenvalue weighted by Gasteiger charge is 2.13. The Morgan fingerprint density at radius 3 is 2.76 bits per heavy atom. The second-order valence-electron chi connectivity index (χ2n) is 3.42. The lowest BCUT2D eigenvalue weighted by atomic mass is 10.2. The molecule has 0 spiro atoms. The maximum Gasteiger partial charge on any atom is 0.244 e. The predicted octanol–water partition coefficient (Wildman–Crippen LogP) is 3.81. The van der Waals surface area contributed by atoms with Gasteiger partial charge in [-0.2, -0.15) is 4.98 Å². The van der Waals surface area contributed by atoms with Crippen LogP contribution >= 0.6 is 27.5 Å². The van der Waals surface area contributed by atoms with Gasteiger partial charge in [-0.15, -0.1) is 11.6 Å². The van der Waals surface area contributed by atoms with Crippen molar-refractivity contribution in [3.63, 3.8) is 0 Å². The summed E-state index contributed by atoms with van der Waals surface area (Å²) in [6.07, 6.45) is 0. The molecule has 0 radical (unpaired) electrons. The third-order valence-corrected chi connectivity index (χ3v) is 3.00. The van der Waals surface area contributed by atoms with Crippen LogP contribution in [0.25, 0.3) is 11.4 Å². The van der Waals surface area contributed by atoms with Gasteiger partial charge in [0.15, 0.2) is 0 Å². The Labute approximate surface area is 112 Å². The summed E-state index contributed by atoms with van der Waals surface area (Å²) in [7, 11) is 1.61. The third-order valence-electron chi connectivity index (χ3n) is 2.19. The van der Waals surface area contributed by atoms with E-state index in [2.05, 4.69) is 26.1 Å². The molecule has 90 valence electrons. The Hall–Kier alpha value is -1.07. The minimum atomic E-state index is -0.294. The molecule has 4 nitrogen and oxygen atoms in total. The summed E-state index contributed by atoms with van der Waals surface area (Å²) in [5, 5.41) is 3.58. The van der Waals surface area contributed by atoms with Crippen LogP contribution < -0.4 is 4.74 Å². The second-order valence-corrected chi connectivity index (χ2v) is 4.93. The van der Waals surface area contributed by atoms with E-state index >= 15 is 0 Å². The van der Waals surface area contributed by atoms with Crippen LogP contribution in [0.1, 0.15) is 18.2 Å². The molecule has 0 saturated carbocycles. The van der Waals surface area contributed by atoms with Crippen LogP contribution in [0, 0.1) is 0 Å². The average molecular weight is 318 g/mol. The van der Waals surface area contributed by atoms with Crippen LogP contribution in [0.4, 0.5) is 0 Å². The fourth-order valence-corrected chi connectivity index (χ4v) is 1.95. The summed E-state index contributed by atoms with van der Waals surface area (Å²) < 4.78 is 11.0. The molecular weight excluding hydrogens is 307 g/mol. The molecule has 0 aliphatic heterocycles. The predicted molar refractivity (Wildman–Crippen MR) is 68.3 cm³/mol. The van der Waals surface area contributed by atoms with Crippen molar-refractivity contribution in [1.82, 2.24) is 10.1 Å². The Kier molecular flexibility index (Phi) is 3.69. The number of methoxy groups -OCH3 is 1. The average Bonchev–Trinajstić information content (AvgIpc) is 2.78. The van der Waals surface area contributed by atoms with Gasteiger partial charge < -0.3 is 9.26 Å². The molecule has 0 fully saturated rings. The smallest absolute Gasteiger partial charge is 0.244 e. The largest absolute Gasteiger partial charge is 0.496 e. The Balaban J connectivity index is 2.36. The molecule has 0 amide bonds. The van der Waals surface area contributed by atoms with Crippen LogP contribution in [0.5, 0.6) is 5.75 Å². The van der Waals surface area contributed by atoms with Gasteiger partial charge >= 0.3 is 0 Å². The highest BCUT2D eigenvalue weighted by Crippen LogP contribution is 2.30. The first-order valence-electron chi connectivity index (χ1n) is 4.93. The standard InChI is InChI=1S/C11H10BrClN2O2/c1-6(13)11-14-10(15-17-11)7-3-4-9(16-2)8(12)5-7/h3-6H,1-2H3. The fraction of sp³-hybridized carbons (Fsp3) is 0.273. The van der Waals surface area contributed by atoms with Crippen molar-refractivity contribution in [2.24, 2.45) is 0 Å². The zero-order valence-corrected chi connectivity index (χ0v) is 11.6. The van der Waals surface area contributed by atoms with E-state index in [1.807, 2.05) is 18.2 Å². The van der Waals surface area contributed by atoms with Crippen molar-refractivity contribution in [3.05, 3.63) is 28.6 Å². The molecule has 0 aliphatic rings. The van der Waals surface area contributed by atoms with E-state index in [1.54, 1.807) is 14.0 Å². The second kappa shape index (κ2) is 5.06. The highest BCUT2D eigenvalue weighted by molar-refractivity contribution is 9.10. The summed E-state index contributed by atoms with van der Waals surface area (Å²) in [6, 6.07) is 5.56. The van der Waals surface area contributed by atoms with Gasteiger partial charge in [-0.1, -0.05) is 5.16 Å². The molecule has 0 N–H and O–H groups in total. The van der Waals surface area contributed by atoms with Crippen LogP contribution in [0.2, 0.25) is 0 Å². The van der Waals surface area contributed by atoms with Gasteiger partial charge in [-0.3, -0.25) is 0 Å². The lowest BCUT2D eigenvalue weighted by Crippen LogP contribution is -1.87. The SMILES string of the molecule is COc1ccc(-c2noc(C(C)Cl)n2)cc1Br. The number of aromatic nitrogens is 2. The summed E-state index contributed by atoms with van der Waals surface area (Å²) in [4.78, 5) is 4.21. The molecular formula is C11H10BrClN2O2. The van der Waals surface area contributed by atoms with Crippen LogP contribution in [0.15, 0.2) is 27.2 Å². The minimum Gasteiger partial charge on any atom is -0.496 e. The van der Waals surface area contributed by atoms with E-state index in [-0.39, 0.29) is 5.38 Å². The van der Waals surface area contributed by atoms with Crippen LogP contribution in [-0.4, -0.2) is 17.3 Å². The van der Waals surface area contributed by atoms with Gasteiger partial charge in [0.1, 0.15) is 11.1 Å². The zero-order valence-electron chi connectivity index (χ0n) is 9.28. The first-order valence-corrected chi connectivity index (χ1v) is 6.16. The van der Waals surface area contributed by atoms with Crippen molar-refractivity contribution in [3.8, 4) is 17.1 Å². The van der Waals surface area contributed by atoms with E-state index in [9.17, 15) is 0 Å². The minimum absolute atomic E-state index is 0.294. The Bertz CT molecular complexity index is 528. The molecule has 17 heavy (non-hydrogen) atoms. The Morgan fingerprint density at radius 2 is 2.24 bits per heavy atom. The van der Waals surface area contributed by atoms with E-state index in [1.165, 1.54) is 0 Å².